The highest BCUT2D eigenvalue weighted by molar-refractivity contribution is 7.80. The summed E-state index contributed by atoms with van der Waals surface area (Å²) in [5, 5.41) is 0. The van der Waals surface area contributed by atoms with E-state index in [-0.39, 0.29) is 12.8 Å². The second-order valence-corrected chi connectivity index (χ2v) is 7.28. The summed E-state index contributed by atoms with van der Waals surface area (Å²) in [4.78, 5) is 0. The van der Waals surface area contributed by atoms with E-state index in [9.17, 15) is 8.42 Å². The highest BCUT2D eigenvalue weighted by Gasteiger charge is 2.02. The van der Waals surface area contributed by atoms with Gasteiger partial charge in [-0.25, -0.2) is 4.18 Å². The Labute approximate surface area is 149 Å². The van der Waals surface area contributed by atoms with E-state index in [2.05, 4.69) is 23.3 Å². The topological polar surface area (TPSA) is 100 Å². The van der Waals surface area contributed by atoms with Crippen molar-refractivity contribution >= 4 is 10.4 Å². The van der Waals surface area contributed by atoms with Gasteiger partial charge in [-0.1, -0.05) is 76.9 Å². The third-order valence-electron chi connectivity index (χ3n) is 3.89. The van der Waals surface area contributed by atoms with Gasteiger partial charge in [0.15, 0.2) is 0 Å². The third kappa shape index (κ3) is 23.8. The minimum atomic E-state index is -4.25. The molecule has 24 heavy (non-hydrogen) atoms. The zero-order chi connectivity index (χ0) is 17.2. The van der Waals surface area contributed by atoms with E-state index in [4.69, 9.17) is 4.55 Å². The number of hydrogen-bond donors (Lipinski definition) is 2. The van der Waals surface area contributed by atoms with E-state index in [1.54, 1.807) is 0 Å². The Hall–Kier alpha value is -0.430. The van der Waals surface area contributed by atoms with Crippen molar-refractivity contribution in [1.29, 1.82) is 0 Å². The Balaban J connectivity index is 0. The fourth-order valence-corrected chi connectivity index (χ4v) is 2.84. The lowest BCUT2D eigenvalue weighted by Gasteiger charge is -2.01. The molecule has 146 valence electrons. The molecular weight excluding hydrogens is 326 g/mol. The van der Waals surface area contributed by atoms with Crippen molar-refractivity contribution in [1.82, 2.24) is 6.15 Å². The lowest BCUT2D eigenvalue weighted by Crippen LogP contribution is -2.04. The number of allylic oxidation sites excluding steroid dienone is 2. The maximum absolute atomic E-state index is 10.3. The predicted octanol–water partition coefficient (Wildman–Crippen LogP) is 6.22. The van der Waals surface area contributed by atoms with E-state index in [0.717, 1.165) is 12.8 Å². The van der Waals surface area contributed by atoms with Gasteiger partial charge in [-0.3, -0.25) is 4.55 Å². The van der Waals surface area contributed by atoms with Gasteiger partial charge in [0.05, 0.1) is 6.61 Å². The zero-order valence-corrected chi connectivity index (χ0v) is 16.7. The van der Waals surface area contributed by atoms with Crippen molar-refractivity contribution < 1.29 is 17.2 Å². The highest BCUT2D eigenvalue weighted by atomic mass is 32.3. The van der Waals surface area contributed by atoms with Crippen LogP contribution in [0.5, 0.6) is 0 Å². The normalized spacial score (nSPS) is 11.8. The highest BCUT2D eigenvalue weighted by Crippen LogP contribution is 2.10. The minimum absolute atomic E-state index is 0. The molecule has 0 heterocycles. The predicted molar refractivity (Wildman–Crippen MR) is 103 cm³/mol. The molecule has 0 bridgehead atoms. The average molecular weight is 367 g/mol. The summed E-state index contributed by atoms with van der Waals surface area (Å²) in [6, 6.07) is 0. The third-order valence-corrected chi connectivity index (χ3v) is 4.35. The van der Waals surface area contributed by atoms with Crippen LogP contribution in [0.25, 0.3) is 0 Å². The zero-order valence-electron chi connectivity index (χ0n) is 15.8. The maximum atomic E-state index is 10.3. The molecule has 0 aliphatic carbocycles. The Morgan fingerprint density at radius 1 is 0.750 bits per heavy atom. The number of unbranched alkanes of at least 4 members (excludes halogenated alkanes) is 12. The Morgan fingerprint density at radius 2 is 1.17 bits per heavy atom. The fraction of sp³-hybridized carbons (Fsp3) is 0.889. The van der Waals surface area contributed by atoms with Crippen LogP contribution in [0.4, 0.5) is 0 Å². The number of quaternary nitrogens is 1. The largest absolute Gasteiger partial charge is 0.397 e. The van der Waals surface area contributed by atoms with Crippen molar-refractivity contribution in [2.75, 3.05) is 6.61 Å². The van der Waals surface area contributed by atoms with E-state index >= 15 is 0 Å². The molecule has 0 aromatic carbocycles. The standard InChI is InChI=1S/C18H36O4S.H3N/c1-2-3-4-5-6-7-8-9-10-11-12-13-14-15-16-17-18-22-23(19,20)21;/h9-10H,2-8,11-18H2,1H3,(H,19,20,21);1H3/p+1/b10-9-;. The van der Waals surface area contributed by atoms with Crippen LogP contribution in [-0.2, 0) is 14.6 Å². The molecule has 5 N–H and O–H groups in total. The smallest absolute Gasteiger partial charge is 0.369 e. The van der Waals surface area contributed by atoms with Gasteiger partial charge in [0.1, 0.15) is 0 Å². The molecule has 0 spiro atoms. The molecule has 0 rings (SSSR count). The van der Waals surface area contributed by atoms with Crippen LogP contribution < -0.4 is 6.15 Å². The number of hydrogen-bond acceptors (Lipinski definition) is 3. The second-order valence-electron chi connectivity index (χ2n) is 6.19. The van der Waals surface area contributed by atoms with Crippen LogP contribution in [0.1, 0.15) is 96.8 Å². The van der Waals surface area contributed by atoms with Crippen LogP contribution >= 0.6 is 0 Å². The van der Waals surface area contributed by atoms with Crippen LogP contribution in [0.3, 0.4) is 0 Å². The molecular formula is C18H40NO4S+. The van der Waals surface area contributed by atoms with Crippen molar-refractivity contribution in [2.45, 2.75) is 96.8 Å². The maximum Gasteiger partial charge on any atom is 0.397 e. The lowest BCUT2D eigenvalue weighted by molar-refractivity contribution is 0.261. The van der Waals surface area contributed by atoms with E-state index in [0.29, 0.717) is 6.42 Å². The van der Waals surface area contributed by atoms with E-state index < -0.39 is 10.4 Å². The molecule has 0 unspecified atom stereocenters. The lowest BCUT2D eigenvalue weighted by atomic mass is 10.1. The van der Waals surface area contributed by atoms with Gasteiger partial charge >= 0.3 is 10.4 Å². The summed E-state index contributed by atoms with van der Waals surface area (Å²) in [5.41, 5.74) is 0. The monoisotopic (exact) mass is 366 g/mol. The van der Waals surface area contributed by atoms with Gasteiger partial charge in [-0.15, -0.1) is 0 Å². The molecule has 0 amide bonds. The summed E-state index contributed by atoms with van der Waals surface area (Å²) in [7, 11) is -4.25. The molecule has 0 aromatic heterocycles. The van der Waals surface area contributed by atoms with Crippen LogP contribution in [0.2, 0.25) is 0 Å². The molecule has 0 radical (unpaired) electrons. The first-order valence-corrected chi connectivity index (χ1v) is 10.7. The first-order chi connectivity index (χ1) is 11.1. The second kappa shape index (κ2) is 18.9. The van der Waals surface area contributed by atoms with Gasteiger partial charge in [0.25, 0.3) is 0 Å². The van der Waals surface area contributed by atoms with Gasteiger partial charge in [-0.2, -0.15) is 8.42 Å². The van der Waals surface area contributed by atoms with Gasteiger partial charge in [0, 0.05) is 0 Å². The summed E-state index contributed by atoms with van der Waals surface area (Å²) in [6.45, 7) is 2.33. The summed E-state index contributed by atoms with van der Waals surface area (Å²) >= 11 is 0. The molecule has 0 fully saturated rings. The average Bonchev–Trinajstić information content (AvgIpc) is 2.49. The molecule has 6 heteroatoms. The first-order valence-electron chi connectivity index (χ1n) is 9.33. The van der Waals surface area contributed by atoms with Crippen molar-refractivity contribution in [3.63, 3.8) is 0 Å². The van der Waals surface area contributed by atoms with Crippen molar-refractivity contribution in [3.8, 4) is 0 Å². The van der Waals surface area contributed by atoms with E-state index in [1.165, 1.54) is 70.6 Å². The SMILES string of the molecule is CCCCCCCC/C=C\CCCCCCCCOS(=O)(=O)O.[NH4+]. The molecule has 0 saturated heterocycles. The van der Waals surface area contributed by atoms with Gasteiger partial charge in [-0.05, 0) is 32.1 Å². The molecule has 0 saturated carbocycles. The van der Waals surface area contributed by atoms with Crippen LogP contribution in [0, 0.1) is 0 Å². The first kappa shape index (κ1) is 25.8. The quantitative estimate of drug-likeness (QED) is 0.181. The van der Waals surface area contributed by atoms with Crippen molar-refractivity contribution in [3.05, 3.63) is 12.2 Å². The van der Waals surface area contributed by atoms with Crippen molar-refractivity contribution in [2.24, 2.45) is 0 Å². The van der Waals surface area contributed by atoms with Gasteiger partial charge in [0.2, 0.25) is 0 Å². The van der Waals surface area contributed by atoms with Crippen LogP contribution in [0.15, 0.2) is 12.2 Å². The Bertz CT molecular complexity index is 369. The summed E-state index contributed by atoms with van der Waals surface area (Å²) in [5.74, 6) is 0. The van der Waals surface area contributed by atoms with Crippen LogP contribution in [-0.4, -0.2) is 19.6 Å². The molecule has 5 nitrogen and oxygen atoms in total. The van der Waals surface area contributed by atoms with E-state index in [1.807, 2.05) is 0 Å². The van der Waals surface area contributed by atoms with Gasteiger partial charge < -0.3 is 6.15 Å². The molecule has 0 aliphatic rings. The number of rotatable bonds is 17. The fourth-order valence-electron chi connectivity index (χ4n) is 2.51. The Morgan fingerprint density at radius 3 is 1.62 bits per heavy atom. The molecule has 0 aliphatic heterocycles. The summed E-state index contributed by atoms with van der Waals surface area (Å²) < 4.78 is 33.3. The summed E-state index contributed by atoms with van der Waals surface area (Å²) in [6.07, 6.45) is 21.5. The molecule has 0 aromatic rings. The molecule has 0 atom stereocenters. The Kier molecular flexibility index (Phi) is 20.3. The minimum Gasteiger partial charge on any atom is -0.369 e.